The Kier molecular flexibility index (Phi) is 4.97. The maximum atomic E-state index is 11.1. The van der Waals surface area contributed by atoms with E-state index in [0.29, 0.717) is 6.61 Å². The summed E-state index contributed by atoms with van der Waals surface area (Å²) in [6.07, 6.45) is -0.506. The van der Waals surface area contributed by atoms with Crippen molar-refractivity contribution in [2.45, 2.75) is 32.8 Å². The van der Waals surface area contributed by atoms with E-state index in [1.807, 2.05) is 0 Å². The molecule has 0 aliphatic heterocycles. The lowest BCUT2D eigenvalue weighted by molar-refractivity contribution is -0.147. The molecule has 0 fully saturated rings. The molecule has 0 aromatic carbocycles. The van der Waals surface area contributed by atoms with E-state index >= 15 is 0 Å². The zero-order valence-corrected chi connectivity index (χ0v) is 9.05. The Hall–Kier alpha value is -1.26. The average molecular weight is 203 g/mol. The Morgan fingerprint density at radius 2 is 1.93 bits per heavy atom. The SMILES string of the molecule is CCOC(=O)CC(C)(C)OC(=O)NC. The van der Waals surface area contributed by atoms with Crippen molar-refractivity contribution in [2.75, 3.05) is 13.7 Å². The van der Waals surface area contributed by atoms with Gasteiger partial charge >= 0.3 is 12.1 Å². The number of hydrogen-bond acceptors (Lipinski definition) is 4. The molecular weight excluding hydrogens is 186 g/mol. The van der Waals surface area contributed by atoms with Crippen LogP contribution in [-0.2, 0) is 14.3 Å². The Bertz CT molecular complexity index is 213. The van der Waals surface area contributed by atoms with E-state index < -0.39 is 11.7 Å². The topological polar surface area (TPSA) is 64.6 Å². The second-order valence-corrected chi connectivity index (χ2v) is 3.38. The van der Waals surface area contributed by atoms with E-state index in [9.17, 15) is 9.59 Å². The number of ether oxygens (including phenoxy) is 2. The van der Waals surface area contributed by atoms with Gasteiger partial charge in [-0.1, -0.05) is 0 Å². The number of rotatable bonds is 4. The predicted molar refractivity (Wildman–Crippen MR) is 50.9 cm³/mol. The first kappa shape index (κ1) is 12.7. The van der Waals surface area contributed by atoms with Crippen molar-refractivity contribution < 1.29 is 19.1 Å². The van der Waals surface area contributed by atoms with E-state index in [4.69, 9.17) is 9.47 Å². The van der Waals surface area contributed by atoms with Crippen LogP contribution >= 0.6 is 0 Å². The summed E-state index contributed by atoms with van der Waals surface area (Å²) in [5, 5.41) is 2.31. The third-order valence-electron chi connectivity index (χ3n) is 1.45. The van der Waals surface area contributed by atoms with Crippen molar-refractivity contribution in [1.82, 2.24) is 5.32 Å². The minimum absolute atomic E-state index is 0.0499. The molecule has 0 aliphatic carbocycles. The average Bonchev–Trinajstić information content (AvgIpc) is 2.02. The van der Waals surface area contributed by atoms with E-state index in [-0.39, 0.29) is 12.4 Å². The van der Waals surface area contributed by atoms with Crippen molar-refractivity contribution in [2.24, 2.45) is 0 Å². The molecule has 0 spiro atoms. The minimum atomic E-state index is -0.841. The summed E-state index contributed by atoms with van der Waals surface area (Å²) in [7, 11) is 1.46. The largest absolute Gasteiger partial charge is 0.466 e. The van der Waals surface area contributed by atoms with Gasteiger partial charge in [-0.25, -0.2) is 4.79 Å². The van der Waals surface area contributed by atoms with Crippen LogP contribution in [0.3, 0.4) is 0 Å². The minimum Gasteiger partial charge on any atom is -0.466 e. The highest BCUT2D eigenvalue weighted by molar-refractivity contribution is 5.72. The number of nitrogens with one attached hydrogen (secondary N) is 1. The molecule has 1 N–H and O–H groups in total. The van der Waals surface area contributed by atoms with E-state index in [0.717, 1.165) is 0 Å². The Balaban J connectivity index is 4.05. The lowest BCUT2D eigenvalue weighted by Crippen LogP contribution is -2.35. The smallest absolute Gasteiger partial charge is 0.407 e. The van der Waals surface area contributed by atoms with Crippen LogP contribution in [0.4, 0.5) is 4.79 Å². The summed E-state index contributed by atoms with van der Waals surface area (Å²) in [6.45, 7) is 5.36. The zero-order valence-electron chi connectivity index (χ0n) is 9.05. The normalized spacial score (nSPS) is 10.6. The number of carbonyl (C=O) groups is 2. The van der Waals surface area contributed by atoms with Gasteiger partial charge in [0.05, 0.1) is 13.0 Å². The molecule has 0 aliphatic rings. The number of esters is 1. The predicted octanol–water partition coefficient (Wildman–Crippen LogP) is 1.07. The Labute approximate surface area is 83.8 Å². The van der Waals surface area contributed by atoms with Gasteiger partial charge in [0.2, 0.25) is 0 Å². The van der Waals surface area contributed by atoms with Crippen molar-refractivity contribution in [3.05, 3.63) is 0 Å². The fourth-order valence-electron chi connectivity index (χ4n) is 0.898. The van der Waals surface area contributed by atoms with Crippen LogP contribution in [-0.4, -0.2) is 31.3 Å². The van der Waals surface area contributed by atoms with E-state index in [2.05, 4.69) is 5.32 Å². The third kappa shape index (κ3) is 5.40. The molecule has 0 atom stereocenters. The number of hydrogen-bond donors (Lipinski definition) is 1. The number of amides is 1. The van der Waals surface area contributed by atoms with Crippen LogP contribution in [0.5, 0.6) is 0 Å². The molecule has 14 heavy (non-hydrogen) atoms. The summed E-state index contributed by atoms with van der Waals surface area (Å²) in [6, 6.07) is 0. The van der Waals surface area contributed by atoms with Gasteiger partial charge in [-0.2, -0.15) is 0 Å². The van der Waals surface area contributed by atoms with Gasteiger partial charge in [0.15, 0.2) is 0 Å². The van der Waals surface area contributed by atoms with Crippen molar-refractivity contribution in [1.29, 1.82) is 0 Å². The van der Waals surface area contributed by atoms with E-state index in [1.165, 1.54) is 7.05 Å². The maximum Gasteiger partial charge on any atom is 0.407 e. The van der Waals surface area contributed by atoms with Gasteiger partial charge in [0, 0.05) is 7.05 Å². The quantitative estimate of drug-likeness (QED) is 0.694. The highest BCUT2D eigenvalue weighted by Gasteiger charge is 2.26. The Morgan fingerprint density at radius 1 is 1.36 bits per heavy atom. The molecule has 0 heterocycles. The number of alkyl carbamates (subject to hydrolysis) is 1. The van der Waals surface area contributed by atoms with Crippen LogP contribution in [0.1, 0.15) is 27.2 Å². The maximum absolute atomic E-state index is 11.1. The van der Waals surface area contributed by atoms with Gasteiger partial charge in [0.1, 0.15) is 5.60 Å². The lowest BCUT2D eigenvalue weighted by Gasteiger charge is -2.23. The molecule has 82 valence electrons. The molecule has 5 heteroatoms. The Morgan fingerprint density at radius 3 is 2.36 bits per heavy atom. The molecule has 0 rings (SSSR count). The number of carbonyl (C=O) groups excluding carboxylic acids is 2. The second-order valence-electron chi connectivity index (χ2n) is 3.38. The third-order valence-corrected chi connectivity index (χ3v) is 1.45. The summed E-state index contributed by atoms with van der Waals surface area (Å²) in [4.78, 5) is 22.0. The molecule has 0 aromatic rings. The van der Waals surface area contributed by atoms with Gasteiger partial charge < -0.3 is 14.8 Å². The standard InChI is InChI=1S/C9H17NO4/c1-5-13-7(11)6-9(2,3)14-8(12)10-4/h5-6H2,1-4H3,(H,10,12). The zero-order chi connectivity index (χ0) is 11.2. The van der Waals surface area contributed by atoms with Crippen LogP contribution in [0.25, 0.3) is 0 Å². The first-order valence-electron chi connectivity index (χ1n) is 4.47. The molecule has 0 saturated heterocycles. The van der Waals surface area contributed by atoms with Gasteiger partial charge in [-0.05, 0) is 20.8 Å². The summed E-state index contributed by atoms with van der Waals surface area (Å²) < 4.78 is 9.70. The van der Waals surface area contributed by atoms with Crippen LogP contribution in [0, 0.1) is 0 Å². The molecule has 1 amide bonds. The van der Waals surface area contributed by atoms with Gasteiger partial charge in [-0.3, -0.25) is 4.79 Å². The lowest BCUT2D eigenvalue weighted by atomic mass is 10.1. The molecule has 0 radical (unpaired) electrons. The molecule has 0 bridgehead atoms. The van der Waals surface area contributed by atoms with Gasteiger partial charge in [0.25, 0.3) is 0 Å². The fraction of sp³-hybridized carbons (Fsp3) is 0.778. The molecular formula is C9H17NO4. The van der Waals surface area contributed by atoms with E-state index in [1.54, 1.807) is 20.8 Å². The van der Waals surface area contributed by atoms with Crippen LogP contribution in [0.15, 0.2) is 0 Å². The van der Waals surface area contributed by atoms with Crippen LogP contribution < -0.4 is 5.32 Å². The first-order chi connectivity index (χ1) is 6.41. The van der Waals surface area contributed by atoms with Gasteiger partial charge in [-0.15, -0.1) is 0 Å². The molecule has 5 nitrogen and oxygen atoms in total. The summed E-state index contributed by atoms with van der Waals surface area (Å²) >= 11 is 0. The van der Waals surface area contributed by atoms with Crippen molar-refractivity contribution in [3.8, 4) is 0 Å². The molecule has 0 saturated carbocycles. The molecule has 0 aromatic heterocycles. The monoisotopic (exact) mass is 203 g/mol. The van der Waals surface area contributed by atoms with Crippen molar-refractivity contribution >= 4 is 12.1 Å². The summed E-state index contributed by atoms with van der Waals surface area (Å²) in [5.74, 6) is -0.374. The first-order valence-corrected chi connectivity index (χ1v) is 4.47. The molecule has 0 unspecified atom stereocenters. The van der Waals surface area contributed by atoms with Crippen LogP contribution in [0.2, 0.25) is 0 Å². The highest BCUT2D eigenvalue weighted by Crippen LogP contribution is 2.15. The van der Waals surface area contributed by atoms with Crippen molar-refractivity contribution in [3.63, 3.8) is 0 Å². The highest BCUT2D eigenvalue weighted by atomic mass is 16.6. The fourth-order valence-corrected chi connectivity index (χ4v) is 0.898. The summed E-state index contributed by atoms with van der Waals surface area (Å²) in [5.41, 5.74) is -0.841. The second kappa shape index (κ2) is 5.47.